The zero-order chi connectivity index (χ0) is 24.6. The Morgan fingerprint density at radius 2 is 1.88 bits per heavy atom. The third-order valence-corrected chi connectivity index (χ3v) is 6.17. The third kappa shape index (κ3) is 7.81. The van der Waals surface area contributed by atoms with Crippen molar-refractivity contribution in [3.8, 4) is 0 Å². The molecule has 1 aromatic carbocycles. The Morgan fingerprint density at radius 1 is 1.12 bits per heavy atom. The number of benzene rings is 1. The maximum Gasteiger partial charge on any atom is 0.416 e. The zero-order valence-corrected chi connectivity index (χ0v) is 21.5. The van der Waals surface area contributed by atoms with Crippen molar-refractivity contribution in [3.05, 3.63) is 59.3 Å². The number of rotatable bonds is 10. The smallest absolute Gasteiger partial charge is 0.416 e. The first-order chi connectivity index (χ1) is 16.3. The quantitative estimate of drug-likeness (QED) is 0.413. The molecule has 1 unspecified atom stereocenters. The number of aromatic nitrogens is 1. The number of carbonyl (C=O) groups excluding carboxylic acids is 1. The van der Waals surface area contributed by atoms with E-state index in [1.54, 1.807) is 12.0 Å². The van der Waals surface area contributed by atoms with Crippen LogP contribution >= 0.6 is 0 Å². The molecule has 6 heteroatoms. The minimum Gasteiger partial charge on any atom is -0.443 e. The molecule has 6 nitrogen and oxygen atoms in total. The van der Waals surface area contributed by atoms with E-state index >= 15 is 0 Å². The second kappa shape index (κ2) is 12.3. The molecule has 0 saturated heterocycles. The molecular formula is C28H41N3O3. The van der Waals surface area contributed by atoms with E-state index in [0.29, 0.717) is 12.5 Å². The van der Waals surface area contributed by atoms with E-state index in [0.717, 1.165) is 69.0 Å². The Kier molecular flexibility index (Phi) is 9.48. The molecule has 186 valence electrons. The average Bonchev–Trinajstić information content (AvgIpc) is 2.79. The van der Waals surface area contributed by atoms with Gasteiger partial charge in [-0.05, 0) is 76.1 Å². The summed E-state index contributed by atoms with van der Waals surface area (Å²) in [6.45, 7) is 12.2. The van der Waals surface area contributed by atoms with Gasteiger partial charge in [0.15, 0.2) is 0 Å². The highest BCUT2D eigenvalue weighted by atomic mass is 16.6. The minimum atomic E-state index is -0.521. The van der Waals surface area contributed by atoms with Crippen LogP contribution in [0.2, 0.25) is 0 Å². The summed E-state index contributed by atoms with van der Waals surface area (Å²) in [5.74, 6) is 1.17. The Labute approximate surface area is 205 Å². The van der Waals surface area contributed by atoms with Crippen LogP contribution < -0.4 is 4.90 Å². The number of anilines is 1. The summed E-state index contributed by atoms with van der Waals surface area (Å²) in [5.41, 5.74) is 2.97. The predicted molar refractivity (Wildman–Crippen MR) is 137 cm³/mol. The molecule has 2 aromatic rings. The lowest BCUT2D eigenvalue weighted by atomic mass is 9.93. The first-order valence-electron chi connectivity index (χ1n) is 12.5. The fourth-order valence-electron chi connectivity index (χ4n) is 4.29. The van der Waals surface area contributed by atoms with Gasteiger partial charge >= 0.3 is 6.09 Å². The molecule has 0 saturated carbocycles. The van der Waals surface area contributed by atoms with Gasteiger partial charge in [-0.2, -0.15) is 0 Å². The molecule has 1 atom stereocenters. The number of carbonyl (C=O) groups is 1. The first-order valence-corrected chi connectivity index (χ1v) is 12.5. The SMILES string of the molecule is COCCN(CCCCc1ccc2c(n1)N(C(=O)OC(C)(C)C)CCC2C)Cc1ccccc1. The summed E-state index contributed by atoms with van der Waals surface area (Å²) in [7, 11) is 1.75. The summed E-state index contributed by atoms with van der Waals surface area (Å²) < 4.78 is 11.0. The lowest BCUT2D eigenvalue weighted by Crippen LogP contribution is -2.41. The van der Waals surface area contributed by atoms with Gasteiger partial charge in [-0.15, -0.1) is 0 Å². The fourth-order valence-corrected chi connectivity index (χ4v) is 4.29. The number of unbranched alkanes of at least 4 members (excludes halogenated alkanes) is 1. The number of aryl methyl sites for hydroxylation is 1. The van der Waals surface area contributed by atoms with Crippen LogP contribution in [0.1, 0.15) is 69.7 Å². The van der Waals surface area contributed by atoms with Crippen molar-refractivity contribution in [2.75, 3.05) is 38.3 Å². The molecule has 0 radical (unpaired) electrons. The highest BCUT2D eigenvalue weighted by Gasteiger charge is 2.31. The molecular weight excluding hydrogens is 426 g/mol. The van der Waals surface area contributed by atoms with E-state index < -0.39 is 5.60 Å². The van der Waals surface area contributed by atoms with Crippen molar-refractivity contribution >= 4 is 11.9 Å². The number of ether oxygens (including phenoxy) is 2. The van der Waals surface area contributed by atoms with Crippen molar-refractivity contribution < 1.29 is 14.3 Å². The molecule has 1 aliphatic rings. The van der Waals surface area contributed by atoms with Crippen molar-refractivity contribution in [3.63, 3.8) is 0 Å². The van der Waals surface area contributed by atoms with Crippen molar-refractivity contribution in [1.29, 1.82) is 0 Å². The Balaban J connectivity index is 1.59. The molecule has 1 amide bonds. The normalized spacial score (nSPS) is 15.9. The topological polar surface area (TPSA) is 54.9 Å². The number of hydrogen-bond donors (Lipinski definition) is 0. The summed E-state index contributed by atoms with van der Waals surface area (Å²) in [5, 5.41) is 0. The largest absolute Gasteiger partial charge is 0.443 e. The monoisotopic (exact) mass is 467 g/mol. The Morgan fingerprint density at radius 3 is 2.59 bits per heavy atom. The van der Waals surface area contributed by atoms with E-state index in [-0.39, 0.29) is 6.09 Å². The predicted octanol–water partition coefficient (Wildman–Crippen LogP) is 5.80. The number of methoxy groups -OCH3 is 1. The standard InChI is InChI=1S/C28H41N3O3/c1-22-16-18-31(27(32)34-28(2,3)4)26-25(22)15-14-24(29-26)13-9-10-17-30(19-20-33-5)21-23-11-7-6-8-12-23/h6-8,11-12,14-15,22H,9-10,13,16-21H2,1-5H3. The van der Waals surface area contributed by atoms with Crippen LogP contribution in [0.5, 0.6) is 0 Å². The second-order valence-corrected chi connectivity index (χ2v) is 10.2. The number of nitrogens with zero attached hydrogens (tertiary/aromatic N) is 3. The number of amides is 1. The average molecular weight is 468 g/mol. The third-order valence-electron chi connectivity index (χ3n) is 6.17. The van der Waals surface area contributed by atoms with E-state index in [4.69, 9.17) is 14.5 Å². The fraction of sp³-hybridized carbons (Fsp3) is 0.571. The molecule has 0 fully saturated rings. The van der Waals surface area contributed by atoms with Crippen LogP contribution in [-0.2, 0) is 22.4 Å². The van der Waals surface area contributed by atoms with Gasteiger partial charge in [-0.3, -0.25) is 9.80 Å². The highest BCUT2D eigenvalue weighted by Crippen LogP contribution is 2.34. The van der Waals surface area contributed by atoms with Gasteiger partial charge in [0.25, 0.3) is 0 Å². The first kappa shape index (κ1) is 26.2. The summed E-state index contributed by atoms with van der Waals surface area (Å²) in [6, 6.07) is 14.9. The summed E-state index contributed by atoms with van der Waals surface area (Å²) >= 11 is 0. The molecule has 3 rings (SSSR count). The summed E-state index contributed by atoms with van der Waals surface area (Å²) in [4.78, 5) is 21.9. The molecule has 34 heavy (non-hydrogen) atoms. The van der Waals surface area contributed by atoms with Gasteiger partial charge in [0, 0.05) is 32.4 Å². The minimum absolute atomic E-state index is 0.306. The van der Waals surface area contributed by atoms with Crippen LogP contribution in [0.3, 0.4) is 0 Å². The molecule has 0 N–H and O–H groups in total. The van der Waals surface area contributed by atoms with Crippen LogP contribution in [-0.4, -0.2) is 54.9 Å². The molecule has 1 aromatic heterocycles. The number of fused-ring (bicyclic) bond motifs is 1. The molecule has 0 spiro atoms. The van der Waals surface area contributed by atoms with Gasteiger partial charge in [0.2, 0.25) is 0 Å². The van der Waals surface area contributed by atoms with E-state index in [9.17, 15) is 4.79 Å². The number of hydrogen-bond acceptors (Lipinski definition) is 5. The zero-order valence-electron chi connectivity index (χ0n) is 21.5. The summed E-state index contributed by atoms with van der Waals surface area (Å²) in [6.07, 6.45) is 3.65. The van der Waals surface area contributed by atoms with Crippen LogP contribution in [0, 0.1) is 0 Å². The Bertz CT molecular complexity index is 911. The van der Waals surface area contributed by atoms with Crippen molar-refractivity contribution in [2.45, 2.75) is 71.4 Å². The molecule has 0 aliphatic carbocycles. The van der Waals surface area contributed by atoms with E-state index in [1.807, 2.05) is 20.8 Å². The molecule has 0 bridgehead atoms. The van der Waals surface area contributed by atoms with Gasteiger partial charge in [-0.25, -0.2) is 9.78 Å². The van der Waals surface area contributed by atoms with E-state index in [2.05, 4.69) is 54.3 Å². The van der Waals surface area contributed by atoms with Gasteiger partial charge in [-0.1, -0.05) is 43.3 Å². The highest BCUT2D eigenvalue weighted by molar-refractivity contribution is 5.88. The molecule has 1 aliphatic heterocycles. The van der Waals surface area contributed by atoms with Gasteiger partial charge in [0.1, 0.15) is 11.4 Å². The van der Waals surface area contributed by atoms with Crippen LogP contribution in [0.4, 0.5) is 10.6 Å². The lowest BCUT2D eigenvalue weighted by molar-refractivity contribution is 0.0575. The van der Waals surface area contributed by atoms with Crippen LogP contribution in [0.15, 0.2) is 42.5 Å². The Hall–Kier alpha value is -2.44. The van der Waals surface area contributed by atoms with Crippen molar-refractivity contribution in [2.24, 2.45) is 0 Å². The maximum absolute atomic E-state index is 12.8. The maximum atomic E-state index is 12.8. The van der Waals surface area contributed by atoms with Crippen molar-refractivity contribution in [1.82, 2.24) is 9.88 Å². The number of pyridine rings is 1. The van der Waals surface area contributed by atoms with Crippen LogP contribution in [0.25, 0.3) is 0 Å². The van der Waals surface area contributed by atoms with Gasteiger partial charge < -0.3 is 9.47 Å². The van der Waals surface area contributed by atoms with E-state index in [1.165, 1.54) is 5.56 Å². The van der Waals surface area contributed by atoms with Gasteiger partial charge in [0.05, 0.1) is 6.61 Å². The molecule has 2 heterocycles. The second-order valence-electron chi connectivity index (χ2n) is 10.2. The lowest BCUT2D eigenvalue weighted by Gasteiger charge is -2.33.